The highest BCUT2D eigenvalue weighted by Gasteiger charge is 2.34. The van der Waals surface area contributed by atoms with E-state index < -0.39 is 0 Å². The van der Waals surface area contributed by atoms with Crippen LogP contribution in [0.15, 0.2) is 18.2 Å². The van der Waals surface area contributed by atoms with Gasteiger partial charge < -0.3 is 4.90 Å². The number of piperidine rings is 1. The van der Waals surface area contributed by atoms with E-state index in [0.29, 0.717) is 19.6 Å². The molecule has 26 heavy (non-hydrogen) atoms. The molecule has 0 bridgehead atoms. The van der Waals surface area contributed by atoms with Crippen LogP contribution in [0.3, 0.4) is 0 Å². The minimum atomic E-state index is -0.00621. The van der Waals surface area contributed by atoms with E-state index in [1.165, 1.54) is 22.1 Å². The van der Waals surface area contributed by atoms with Crippen LogP contribution < -0.4 is 4.90 Å². The molecule has 0 saturated carbocycles. The first kappa shape index (κ1) is 17.0. The van der Waals surface area contributed by atoms with Crippen LogP contribution in [0, 0.1) is 19.8 Å². The zero-order valence-corrected chi connectivity index (χ0v) is 15.7. The van der Waals surface area contributed by atoms with Crippen molar-refractivity contribution in [2.45, 2.75) is 40.0 Å². The van der Waals surface area contributed by atoms with Crippen molar-refractivity contribution in [2.75, 3.05) is 24.5 Å². The highest BCUT2D eigenvalue weighted by Crippen LogP contribution is 2.33. The van der Waals surface area contributed by atoms with Crippen LogP contribution in [0.4, 0.5) is 5.82 Å². The molecule has 3 heterocycles. The normalized spacial score (nSPS) is 17.7. The number of likely N-dealkylation sites (tertiary alicyclic amines) is 1. The Morgan fingerprint density at radius 2 is 1.81 bits per heavy atom. The van der Waals surface area contributed by atoms with E-state index in [2.05, 4.69) is 32.0 Å². The predicted octanol–water partition coefficient (Wildman–Crippen LogP) is 3.00. The molecule has 1 fully saturated rings. The Kier molecular flexibility index (Phi) is 4.17. The number of hydrogen-bond acceptors (Lipinski definition) is 3. The summed E-state index contributed by atoms with van der Waals surface area (Å²) >= 11 is 0. The zero-order chi connectivity index (χ0) is 18.4. The van der Waals surface area contributed by atoms with Crippen LogP contribution in [-0.4, -0.2) is 41.3 Å². The van der Waals surface area contributed by atoms with E-state index in [1.807, 2.05) is 9.80 Å². The highest BCUT2D eigenvalue weighted by molar-refractivity contribution is 5.98. The van der Waals surface area contributed by atoms with Gasteiger partial charge in [-0.25, -0.2) is 4.98 Å². The van der Waals surface area contributed by atoms with Crippen LogP contribution >= 0.6 is 0 Å². The Bertz CT molecular complexity index is 898. The molecule has 0 radical (unpaired) electrons. The van der Waals surface area contributed by atoms with Crippen molar-refractivity contribution in [3.05, 3.63) is 34.9 Å². The van der Waals surface area contributed by atoms with Gasteiger partial charge in [0.25, 0.3) is 0 Å². The van der Waals surface area contributed by atoms with E-state index in [-0.39, 0.29) is 17.7 Å². The third-order valence-electron chi connectivity index (χ3n) is 5.76. The van der Waals surface area contributed by atoms with Crippen molar-refractivity contribution in [1.29, 1.82) is 0 Å². The second-order valence-corrected chi connectivity index (χ2v) is 7.64. The molecule has 0 aliphatic carbocycles. The first-order valence-electron chi connectivity index (χ1n) is 9.42. The fraction of sp³-hybridized carbons (Fsp3) is 0.476. The van der Waals surface area contributed by atoms with Crippen molar-refractivity contribution < 1.29 is 9.59 Å². The smallest absolute Gasteiger partial charge is 0.231 e. The summed E-state index contributed by atoms with van der Waals surface area (Å²) in [6.45, 7) is 7.85. The summed E-state index contributed by atoms with van der Waals surface area (Å²) in [4.78, 5) is 33.2. The maximum Gasteiger partial charge on any atom is 0.231 e. The van der Waals surface area contributed by atoms with Gasteiger partial charge in [-0.3, -0.25) is 14.5 Å². The van der Waals surface area contributed by atoms with E-state index in [0.717, 1.165) is 30.6 Å². The van der Waals surface area contributed by atoms with Gasteiger partial charge in [-0.15, -0.1) is 0 Å². The third-order valence-corrected chi connectivity index (χ3v) is 5.76. The van der Waals surface area contributed by atoms with Gasteiger partial charge in [0.2, 0.25) is 11.8 Å². The molecule has 1 aromatic carbocycles. The molecular formula is C21H25N3O2. The van der Waals surface area contributed by atoms with Gasteiger partial charge in [-0.2, -0.15) is 0 Å². The number of hydrogen-bond donors (Lipinski definition) is 0. The van der Waals surface area contributed by atoms with Crippen molar-refractivity contribution in [3.8, 4) is 0 Å². The monoisotopic (exact) mass is 351 g/mol. The SMILES string of the molecule is CC(=O)N1CCC(C(=O)N2CCc3cc4c(C)cc(C)cc4nc32)CC1. The van der Waals surface area contributed by atoms with Gasteiger partial charge in [-0.05, 0) is 61.9 Å². The highest BCUT2D eigenvalue weighted by atomic mass is 16.2. The quantitative estimate of drug-likeness (QED) is 0.794. The van der Waals surface area contributed by atoms with Gasteiger partial charge >= 0.3 is 0 Å². The van der Waals surface area contributed by atoms with E-state index >= 15 is 0 Å². The molecule has 5 nitrogen and oxygen atoms in total. The number of carbonyl (C=O) groups excluding carboxylic acids is 2. The molecule has 2 aliphatic heterocycles. The average molecular weight is 351 g/mol. The molecule has 136 valence electrons. The maximum absolute atomic E-state index is 13.1. The molecule has 0 spiro atoms. The lowest BCUT2D eigenvalue weighted by atomic mass is 9.95. The number of nitrogens with zero attached hydrogens (tertiary/aromatic N) is 3. The lowest BCUT2D eigenvalue weighted by Gasteiger charge is -2.32. The molecule has 2 aliphatic rings. The summed E-state index contributed by atoms with van der Waals surface area (Å²) in [5.41, 5.74) is 4.55. The molecule has 4 rings (SSSR count). The fourth-order valence-electron chi connectivity index (χ4n) is 4.29. The molecule has 5 heteroatoms. The molecule has 2 aromatic rings. The molecule has 2 amide bonds. The molecule has 1 saturated heterocycles. The van der Waals surface area contributed by atoms with E-state index in [1.54, 1.807) is 6.92 Å². The second-order valence-electron chi connectivity index (χ2n) is 7.64. The van der Waals surface area contributed by atoms with Crippen molar-refractivity contribution in [3.63, 3.8) is 0 Å². The van der Waals surface area contributed by atoms with Crippen LogP contribution in [0.2, 0.25) is 0 Å². The van der Waals surface area contributed by atoms with E-state index in [4.69, 9.17) is 4.98 Å². The number of rotatable bonds is 1. The number of aromatic nitrogens is 1. The Balaban J connectivity index is 1.60. The van der Waals surface area contributed by atoms with Gasteiger partial charge in [0, 0.05) is 37.9 Å². The molecule has 1 aromatic heterocycles. The number of amides is 2. The Hall–Kier alpha value is -2.43. The number of benzene rings is 1. The van der Waals surface area contributed by atoms with Crippen molar-refractivity contribution in [1.82, 2.24) is 9.88 Å². The van der Waals surface area contributed by atoms with Gasteiger partial charge in [-0.1, -0.05) is 6.07 Å². The van der Waals surface area contributed by atoms with Gasteiger partial charge in [0.1, 0.15) is 5.82 Å². The largest absolute Gasteiger partial charge is 0.343 e. The summed E-state index contributed by atoms with van der Waals surface area (Å²) in [6, 6.07) is 6.48. The number of pyridine rings is 1. The van der Waals surface area contributed by atoms with Crippen LogP contribution in [0.5, 0.6) is 0 Å². The Labute approximate surface area is 154 Å². The summed E-state index contributed by atoms with van der Waals surface area (Å²) < 4.78 is 0. The Morgan fingerprint density at radius 3 is 2.50 bits per heavy atom. The van der Waals surface area contributed by atoms with Crippen LogP contribution in [-0.2, 0) is 16.0 Å². The molecular weight excluding hydrogens is 326 g/mol. The second kappa shape index (κ2) is 6.38. The number of aryl methyl sites for hydroxylation is 2. The number of carbonyl (C=O) groups is 2. The topological polar surface area (TPSA) is 53.5 Å². The summed E-state index contributed by atoms with van der Waals surface area (Å²) in [6.07, 6.45) is 2.36. The van der Waals surface area contributed by atoms with Crippen LogP contribution in [0.1, 0.15) is 36.5 Å². The van der Waals surface area contributed by atoms with Gasteiger partial charge in [0.05, 0.1) is 5.52 Å². The standard InChI is InChI=1S/C21H25N3O2/c1-13-10-14(2)18-12-17-6-9-24(20(17)22-19(18)11-13)21(26)16-4-7-23(8-5-16)15(3)25/h10-12,16H,4-9H2,1-3H3. The average Bonchev–Trinajstić information content (AvgIpc) is 3.02. The predicted molar refractivity (Wildman–Crippen MR) is 102 cm³/mol. The molecule has 0 N–H and O–H groups in total. The van der Waals surface area contributed by atoms with Crippen molar-refractivity contribution in [2.24, 2.45) is 5.92 Å². The maximum atomic E-state index is 13.1. The van der Waals surface area contributed by atoms with Crippen LogP contribution in [0.25, 0.3) is 10.9 Å². The number of anilines is 1. The molecule has 0 unspecified atom stereocenters. The first-order valence-corrected chi connectivity index (χ1v) is 9.42. The van der Waals surface area contributed by atoms with E-state index in [9.17, 15) is 9.59 Å². The molecule has 0 atom stereocenters. The first-order chi connectivity index (χ1) is 12.4. The lowest BCUT2D eigenvalue weighted by Crippen LogP contribution is -2.43. The van der Waals surface area contributed by atoms with Gasteiger partial charge in [0.15, 0.2) is 0 Å². The fourth-order valence-corrected chi connectivity index (χ4v) is 4.29. The third kappa shape index (κ3) is 2.85. The zero-order valence-electron chi connectivity index (χ0n) is 15.7. The number of fused-ring (bicyclic) bond motifs is 2. The minimum Gasteiger partial charge on any atom is -0.343 e. The Morgan fingerprint density at radius 1 is 1.08 bits per heavy atom. The lowest BCUT2D eigenvalue weighted by molar-refractivity contribution is -0.133. The van der Waals surface area contributed by atoms with Crippen molar-refractivity contribution >= 4 is 28.5 Å². The summed E-state index contributed by atoms with van der Waals surface area (Å²) in [5.74, 6) is 1.10. The summed E-state index contributed by atoms with van der Waals surface area (Å²) in [5, 5.41) is 1.18. The minimum absolute atomic E-state index is 0.00621. The summed E-state index contributed by atoms with van der Waals surface area (Å²) in [7, 11) is 0.